The Kier molecular flexibility index (Phi) is 13.5. The molecule has 9 heteroatoms. The van der Waals surface area contributed by atoms with Crippen LogP contribution in [0.1, 0.15) is 39.0 Å². The highest BCUT2D eigenvalue weighted by atomic mass is 19.4. The molecule has 130 valence electrons. The van der Waals surface area contributed by atoms with E-state index in [-0.39, 0.29) is 5.91 Å². The van der Waals surface area contributed by atoms with Crippen LogP contribution in [0.2, 0.25) is 0 Å². The van der Waals surface area contributed by atoms with E-state index in [0.29, 0.717) is 6.54 Å². The minimum atomic E-state index is -5.19. The quantitative estimate of drug-likeness (QED) is 0.288. The smallest absolute Gasteiger partial charge is 0.430 e. The van der Waals surface area contributed by atoms with Crippen molar-refractivity contribution in [1.29, 1.82) is 0 Å². The van der Waals surface area contributed by atoms with Crippen molar-refractivity contribution in [3.63, 3.8) is 0 Å². The topological polar surface area (TPSA) is 108 Å². The maximum absolute atomic E-state index is 11.3. The number of quaternary nitrogens is 1. The fourth-order valence-corrected chi connectivity index (χ4v) is 1.15. The molecule has 0 unspecified atom stereocenters. The van der Waals surface area contributed by atoms with E-state index in [0.717, 1.165) is 30.9 Å². The second-order valence-corrected chi connectivity index (χ2v) is 4.35. The van der Waals surface area contributed by atoms with Crippen LogP contribution in [0.3, 0.4) is 0 Å². The number of rotatable bonds is 8. The van der Waals surface area contributed by atoms with E-state index in [1.165, 1.54) is 18.9 Å². The van der Waals surface area contributed by atoms with Crippen LogP contribution in [-0.4, -0.2) is 41.4 Å². The van der Waals surface area contributed by atoms with Crippen LogP contribution in [0.15, 0.2) is 12.2 Å². The third kappa shape index (κ3) is 14.8. The zero-order chi connectivity index (χ0) is 17.6. The lowest BCUT2D eigenvalue weighted by atomic mass is 10.2. The van der Waals surface area contributed by atoms with Crippen LogP contribution in [0.4, 0.5) is 13.2 Å². The lowest BCUT2D eigenvalue weighted by Crippen LogP contribution is -2.51. The van der Waals surface area contributed by atoms with Crippen molar-refractivity contribution in [1.82, 2.24) is 5.06 Å². The number of amides is 1. The van der Waals surface area contributed by atoms with Gasteiger partial charge in [0.25, 0.3) is 5.91 Å². The molecule has 0 aliphatic heterocycles. The predicted octanol–water partition coefficient (Wildman–Crippen LogP) is 0.271. The number of carboxylic acids is 1. The van der Waals surface area contributed by atoms with Crippen molar-refractivity contribution in [2.45, 2.75) is 45.2 Å². The monoisotopic (exact) mass is 328 g/mol. The molecule has 4 N–H and O–H groups in total. The summed E-state index contributed by atoms with van der Waals surface area (Å²) in [5.74, 6) is -3.34. The molecule has 22 heavy (non-hydrogen) atoms. The van der Waals surface area contributed by atoms with Gasteiger partial charge in [0.1, 0.15) is 5.97 Å². The van der Waals surface area contributed by atoms with Crippen molar-refractivity contribution in [3.8, 4) is 0 Å². The van der Waals surface area contributed by atoms with Gasteiger partial charge in [0.15, 0.2) is 0 Å². The van der Waals surface area contributed by atoms with Crippen LogP contribution in [0, 0.1) is 0 Å². The molecule has 0 radical (unpaired) electrons. The molecule has 0 bridgehead atoms. The van der Waals surface area contributed by atoms with Gasteiger partial charge in [-0.05, 0) is 12.8 Å². The first kappa shape index (κ1) is 22.7. The van der Waals surface area contributed by atoms with E-state index in [1.807, 2.05) is 6.08 Å². The van der Waals surface area contributed by atoms with E-state index in [2.05, 4.69) is 12.7 Å². The molecule has 0 fully saturated rings. The molecular weight excluding hydrogens is 305 g/mol. The lowest BCUT2D eigenvalue weighted by molar-refractivity contribution is -0.369. The number of nitrogens with zero attached hydrogens (tertiary/aromatic N) is 1. The summed E-state index contributed by atoms with van der Waals surface area (Å²) < 4.78 is 31.5. The lowest BCUT2D eigenvalue weighted by Gasteiger charge is -2.10. The normalized spacial score (nSPS) is 11.0. The molecular formula is C13H23F3N2O4. The highest BCUT2D eigenvalue weighted by Gasteiger charge is 2.28. The number of carbonyl (C=O) groups is 2. The van der Waals surface area contributed by atoms with E-state index in [9.17, 15) is 23.2 Å². The van der Waals surface area contributed by atoms with Gasteiger partial charge in [-0.3, -0.25) is 10.0 Å². The van der Waals surface area contributed by atoms with E-state index >= 15 is 0 Å². The molecule has 0 atom stereocenters. The number of alkyl halides is 3. The van der Waals surface area contributed by atoms with Gasteiger partial charge in [-0.1, -0.05) is 25.8 Å². The molecule has 0 aliphatic rings. The van der Waals surface area contributed by atoms with Gasteiger partial charge in [-0.2, -0.15) is 13.2 Å². The summed E-state index contributed by atoms with van der Waals surface area (Å²) in [5.41, 5.74) is 3.65. The van der Waals surface area contributed by atoms with Gasteiger partial charge in [0.05, 0.1) is 13.1 Å². The Morgan fingerprint density at radius 2 is 1.82 bits per heavy atom. The maximum atomic E-state index is 11.3. The molecule has 0 aromatic heterocycles. The Morgan fingerprint density at radius 3 is 2.23 bits per heavy atom. The van der Waals surface area contributed by atoms with Crippen molar-refractivity contribution < 1.29 is 38.8 Å². The number of aliphatic carboxylic acids is 1. The number of hydrogen-bond donors (Lipinski definition) is 2. The Morgan fingerprint density at radius 1 is 1.27 bits per heavy atom. The minimum Gasteiger partial charge on any atom is -0.542 e. The van der Waals surface area contributed by atoms with Crippen molar-refractivity contribution in [2.75, 3.05) is 13.1 Å². The van der Waals surface area contributed by atoms with Crippen molar-refractivity contribution in [2.24, 2.45) is 0 Å². The van der Waals surface area contributed by atoms with Gasteiger partial charge in [-0.15, -0.1) is 0 Å². The molecule has 1 amide bonds. The molecule has 0 aliphatic carbocycles. The highest BCUT2D eigenvalue weighted by molar-refractivity contribution is 5.86. The van der Waals surface area contributed by atoms with Crippen LogP contribution in [-0.2, 0) is 9.59 Å². The Bertz CT molecular complexity index is 347. The zero-order valence-corrected chi connectivity index (χ0v) is 12.6. The fraction of sp³-hybridized carbons (Fsp3) is 0.692. The second-order valence-electron chi connectivity index (χ2n) is 4.35. The summed E-state index contributed by atoms with van der Waals surface area (Å²) in [7, 11) is 0. The van der Waals surface area contributed by atoms with Gasteiger partial charge >= 0.3 is 6.18 Å². The van der Waals surface area contributed by atoms with Gasteiger partial charge < -0.3 is 15.6 Å². The van der Waals surface area contributed by atoms with Crippen molar-refractivity contribution in [3.05, 3.63) is 12.2 Å². The average molecular weight is 328 g/mol. The Hall–Kier alpha value is -1.61. The third-order valence-corrected chi connectivity index (χ3v) is 2.34. The largest absolute Gasteiger partial charge is 0.542 e. The van der Waals surface area contributed by atoms with Gasteiger partial charge in [0.2, 0.25) is 0 Å². The van der Waals surface area contributed by atoms with Gasteiger partial charge in [0, 0.05) is 12.5 Å². The molecule has 0 saturated heterocycles. The van der Waals surface area contributed by atoms with Crippen LogP contribution < -0.4 is 10.8 Å². The standard InChI is InChI=1S/C11H22N2O2.C2HF3O2/c1-2-3-4-5-6-8-11(14)13(15)10-7-9-12;3-2(4,5)1(6)7/h6,8,15H,2-5,7,9-10,12H2,1H3;(H,6,7)/b8-6+;. The SMILES string of the molecule is CCCCC/C=C/C(=O)N(O)CCC[NH3+].O=C([O-])C(F)(F)F. The zero-order valence-electron chi connectivity index (χ0n) is 12.6. The number of halogens is 3. The van der Waals surface area contributed by atoms with Crippen LogP contribution in [0.25, 0.3) is 0 Å². The number of allylic oxidation sites excluding steroid dienone is 1. The molecule has 6 nitrogen and oxygen atoms in total. The molecule has 0 heterocycles. The number of hydroxylamine groups is 2. The van der Waals surface area contributed by atoms with E-state index in [1.54, 1.807) is 0 Å². The Balaban J connectivity index is 0. The highest BCUT2D eigenvalue weighted by Crippen LogP contribution is 2.11. The molecule has 0 saturated carbocycles. The van der Waals surface area contributed by atoms with Crippen LogP contribution >= 0.6 is 0 Å². The third-order valence-electron chi connectivity index (χ3n) is 2.34. The summed E-state index contributed by atoms with van der Waals surface area (Å²) in [6.45, 7) is 3.23. The van der Waals surface area contributed by atoms with Crippen LogP contribution in [0.5, 0.6) is 0 Å². The average Bonchev–Trinajstić information content (AvgIpc) is 2.43. The number of carboxylic acid groups (broad SMARTS) is 1. The molecule has 0 aromatic carbocycles. The van der Waals surface area contributed by atoms with Crippen molar-refractivity contribution >= 4 is 11.9 Å². The Labute approximate surface area is 127 Å². The minimum absolute atomic E-state index is 0.333. The first-order valence-electron chi connectivity index (χ1n) is 6.91. The summed E-state index contributed by atoms with van der Waals surface area (Å²) in [6, 6.07) is 0. The van der Waals surface area contributed by atoms with Gasteiger partial charge in [-0.25, -0.2) is 5.06 Å². The molecule has 0 rings (SSSR count). The molecule has 0 spiro atoms. The van der Waals surface area contributed by atoms with E-state index in [4.69, 9.17) is 9.90 Å². The predicted molar refractivity (Wildman–Crippen MR) is 70.2 cm³/mol. The molecule has 0 aromatic rings. The summed E-state index contributed by atoms with van der Waals surface area (Å²) >= 11 is 0. The first-order valence-corrected chi connectivity index (χ1v) is 6.91. The fourth-order valence-electron chi connectivity index (χ4n) is 1.15. The maximum Gasteiger partial charge on any atom is 0.430 e. The number of unbranched alkanes of at least 4 members (excludes halogenated alkanes) is 3. The second kappa shape index (κ2) is 13.1. The number of carbonyl (C=O) groups excluding carboxylic acids is 2. The first-order chi connectivity index (χ1) is 10.2. The van der Waals surface area contributed by atoms with E-state index < -0.39 is 12.1 Å². The number of hydrogen-bond acceptors (Lipinski definition) is 4. The summed E-state index contributed by atoms with van der Waals surface area (Å²) in [6.07, 6.45) is 3.17. The summed E-state index contributed by atoms with van der Waals surface area (Å²) in [4.78, 5) is 20.0. The summed E-state index contributed by atoms with van der Waals surface area (Å²) in [5, 5.41) is 18.8.